The third-order valence-corrected chi connectivity index (χ3v) is 9.83. The van der Waals surface area contributed by atoms with Gasteiger partial charge in [-0.05, 0) is 47.9 Å². The molecular formula is C32H40N2O5S2. The van der Waals surface area contributed by atoms with Gasteiger partial charge in [-0.1, -0.05) is 36.4 Å². The second-order valence-corrected chi connectivity index (χ2v) is 13.0. The Hall–Kier alpha value is -2.37. The molecule has 2 saturated heterocycles. The Balaban J connectivity index is 0.000000165. The van der Waals surface area contributed by atoms with Crippen molar-refractivity contribution in [1.29, 1.82) is 0 Å². The standard InChI is InChI=1S/C16H19NO3S.C16H21NO2S/c18-13-5-7-17(10-13)16(19)11-20-8-6-14-9-12-3-1-2-4-15(12)21-14;18-14-5-7-17(12-14)8-10-19-9-6-15-11-13-3-1-2-4-16(13)20-15/h1-4,9,13,18H,5-8,10-11H2;1-4,11,14,18H,5-10,12H2. The normalized spacial score (nSPS) is 19.2. The number of β-amino-alcohol motifs (C(OH)–C–C–N with tert-alkyl or cyclic N) is 2. The van der Waals surface area contributed by atoms with Crippen molar-refractivity contribution >= 4 is 48.8 Å². The van der Waals surface area contributed by atoms with Crippen LogP contribution in [0.5, 0.6) is 0 Å². The maximum Gasteiger partial charge on any atom is 0.248 e. The van der Waals surface area contributed by atoms with Crippen molar-refractivity contribution in [3.05, 3.63) is 70.4 Å². The lowest BCUT2D eigenvalue weighted by atomic mass is 10.2. The summed E-state index contributed by atoms with van der Waals surface area (Å²) in [6, 6.07) is 21.3. The van der Waals surface area contributed by atoms with Crippen LogP contribution in [0.3, 0.4) is 0 Å². The molecule has 2 N–H and O–H groups in total. The highest BCUT2D eigenvalue weighted by Gasteiger charge is 2.24. The number of fused-ring (bicyclic) bond motifs is 2. The molecule has 2 aromatic heterocycles. The molecule has 9 heteroatoms. The van der Waals surface area contributed by atoms with E-state index in [1.807, 2.05) is 23.5 Å². The topological polar surface area (TPSA) is 82.5 Å². The molecular weight excluding hydrogens is 556 g/mol. The number of hydrogen-bond donors (Lipinski definition) is 2. The van der Waals surface area contributed by atoms with E-state index in [0.29, 0.717) is 26.1 Å². The van der Waals surface area contributed by atoms with Crippen LogP contribution in [-0.4, -0.2) is 97.3 Å². The molecule has 0 spiro atoms. The molecule has 2 aliphatic rings. The fraction of sp³-hybridized carbons (Fsp3) is 0.469. The summed E-state index contributed by atoms with van der Waals surface area (Å²) >= 11 is 3.63. The van der Waals surface area contributed by atoms with Gasteiger partial charge in [-0.2, -0.15) is 0 Å². The number of aliphatic hydroxyl groups excluding tert-OH is 2. The molecule has 2 aromatic carbocycles. The third kappa shape index (κ3) is 9.06. The first-order chi connectivity index (χ1) is 20.0. The van der Waals surface area contributed by atoms with E-state index in [-0.39, 0.29) is 24.7 Å². The summed E-state index contributed by atoms with van der Waals surface area (Å²) in [5, 5.41) is 21.4. The van der Waals surface area contributed by atoms with Crippen molar-refractivity contribution < 1.29 is 24.5 Å². The first-order valence-corrected chi connectivity index (χ1v) is 16.1. The maximum absolute atomic E-state index is 11.8. The molecule has 0 aliphatic carbocycles. The summed E-state index contributed by atoms with van der Waals surface area (Å²) in [5.41, 5.74) is 0. The summed E-state index contributed by atoms with van der Waals surface area (Å²) in [4.78, 5) is 18.4. The zero-order valence-corrected chi connectivity index (χ0v) is 25.1. The summed E-state index contributed by atoms with van der Waals surface area (Å²) in [6.07, 6.45) is 2.90. The third-order valence-electron chi connectivity index (χ3n) is 7.48. The van der Waals surface area contributed by atoms with Crippen LogP contribution < -0.4 is 0 Å². The Bertz CT molecular complexity index is 1320. The molecule has 2 atom stereocenters. The number of rotatable bonds is 11. The van der Waals surface area contributed by atoms with Crippen molar-refractivity contribution in [2.75, 3.05) is 59.2 Å². The average molecular weight is 597 g/mol. The number of carbonyl (C=O) groups is 1. The van der Waals surface area contributed by atoms with Crippen molar-refractivity contribution in [3.8, 4) is 0 Å². The summed E-state index contributed by atoms with van der Waals surface area (Å²) in [6.45, 7) is 6.02. The van der Waals surface area contributed by atoms with Gasteiger partial charge in [0.05, 0.1) is 32.0 Å². The monoisotopic (exact) mass is 596 g/mol. The highest BCUT2D eigenvalue weighted by molar-refractivity contribution is 7.19. The zero-order valence-electron chi connectivity index (χ0n) is 23.5. The van der Waals surface area contributed by atoms with Gasteiger partial charge in [-0.15, -0.1) is 22.7 Å². The molecule has 220 valence electrons. The Morgan fingerprint density at radius 3 is 1.93 bits per heavy atom. The highest BCUT2D eigenvalue weighted by atomic mass is 32.1. The Morgan fingerprint density at radius 2 is 1.37 bits per heavy atom. The molecule has 4 heterocycles. The van der Waals surface area contributed by atoms with Gasteiger partial charge in [0.15, 0.2) is 0 Å². The Labute approximate surface area is 249 Å². The van der Waals surface area contributed by atoms with Crippen LogP contribution in [0, 0.1) is 0 Å². The molecule has 2 unspecified atom stereocenters. The number of benzene rings is 2. The second-order valence-electron chi connectivity index (χ2n) is 10.7. The fourth-order valence-corrected chi connectivity index (χ4v) is 7.29. The van der Waals surface area contributed by atoms with Crippen LogP contribution in [0.25, 0.3) is 20.2 Å². The van der Waals surface area contributed by atoms with Crippen molar-refractivity contribution in [3.63, 3.8) is 0 Å². The maximum atomic E-state index is 11.8. The van der Waals surface area contributed by atoms with Crippen LogP contribution in [0.2, 0.25) is 0 Å². The molecule has 2 fully saturated rings. The fourth-order valence-electron chi connectivity index (χ4n) is 5.20. The first-order valence-electron chi connectivity index (χ1n) is 14.5. The lowest BCUT2D eigenvalue weighted by Gasteiger charge is -2.15. The van der Waals surface area contributed by atoms with Gasteiger partial charge in [0, 0.05) is 64.7 Å². The van der Waals surface area contributed by atoms with Crippen molar-refractivity contribution in [2.24, 2.45) is 0 Å². The van der Waals surface area contributed by atoms with E-state index in [0.717, 1.165) is 52.1 Å². The number of thiophene rings is 2. The zero-order chi connectivity index (χ0) is 28.4. The Kier molecular flexibility index (Phi) is 11.2. The molecule has 0 bridgehead atoms. The van der Waals surface area contributed by atoms with Crippen LogP contribution in [0.4, 0.5) is 0 Å². The van der Waals surface area contributed by atoms with E-state index in [9.17, 15) is 15.0 Å². The van der Waals surface area contributed by atoms with E-state index in [1.165, 1.54) is 29.9 Å². The van der Waals surface area contributed by atoms with E-state index in [2.05, 4.69) is 53.4 Å². The van der Waals surface area contributed by atoms with Gasteiger partial charge in [0.1, 0.15) is 6.61 Å². The Morgan fingerprint density at radius 1 is 0.780 bits per heavy atom. The van der Waals surface area contributed by atoms with E-state index < -0.39 is 0 Å². The van der Waals surface area contributed by atoms with Gasteiger partial charge in [-0.3, -0.25) is 9.69 Å². The number of aliphatic hydroxyl groups is 2. The SMILES string of the molecule is O=C(COCCc1cc2ccccc2s1)N1CCC(O)C1.OC1CCN(CCOCCc2cc3ccccc3s2)C1. The number of amides is 1. The van der Waals surface area contributed by atoms with Gasteiger partial charge < -0.3 is 24.6 Å². The minimum absolute atomic E-state index is 0.0251. The predicted molar refractivity (Wildman–Crippen MR) is 167 cm³/mol. The molecule has 0 radical (unpaired) electrons. The van der Waals surface area contributed by atoms with Crippen LogP contribution in [0.15, 0.2) is 60.7 Å². The number of nitrogens with zero attached hydrogens (tertiary/aromatic N) is 2. The quantitative estimate of drug-likeness (QED) is 0.247. The molecule has 2 aliphatic heterocycles. The molecule has 0 saturated carbocycles. The van der Waals surface area contributed by atoms with Crippen LogP contribution in [0.1, 0.15) is 22.6 Å². The lowest BCUT2D eigenvalue weighted by molar-refractivity contribution is -0.135. The lowest BCUT2D eigenvalue weighted by Crippen LogP contribution is -2.32. The van der Waals surface area contributed by atoms with E-state index in [4.69, 9.17) is 9.47 Å². The smallest absolute Gasteiger partial charge is 0.248 e. The van der Waals surface area contributed by atoms with Crippen LogP contribution >= 0.6 is 22.7 Å². The largest absolute Gasteiger partial charge is 0.392 e. The molecule has 41 heavy (non-hydrogen) atoms. The number of hydrogen-bond acceptors (Lipinski definition) is 8. The number of likely N-dealkylation sites (tertiary alicyclic amines) is 2. The van der Waals surface area contributed by atoms with Gasteiger partial charge >= 0.3 is 0 Å². The first kappa shape index (κ1) is 30.1. The number of ether oxygens (including phenoxy) is 2. The van der Waals surface area contributed by atoms with Crippen LogP contribution in [-0.2, 0) is 27.1 Å². The average Bonchev–Trinajstić information content (AvgIpc) is 3.77. The molecule has 4 aromatic rings. The van der Waals surface area contributed by atoms with Crippen molar-refractivity contribution in [1.82, 2.24) is 9.80 Å². The second kappa shape index (κ2) is 15.2. The van der Waals surface area contributed by atoms with Gasteiger partial charge in [0.2, 0.25) is 5.91 Å². The summed E-state index contributed by atoms with van der Waals surface area (Å²) < 4.78 is 13.8. The van der Waals surface area contributed by atoms with Gasteiger partial charge in [-0.25, -0.2) is 0 Å². The molecule has 6 rings (SSSR count). The van der Waals surface area contributed by atoms with Crippen molar-refractivity contribution in [2.45, 2.75) is 37.9 Å². The minimum atomic E-state index is -0.368. The summed E-state index contributed by atoms with van der Waals surface area (Å²) in [7, 11) is 0. The minimum Gasteiger partial charge on any atom is -0.392 e. The van der Waals surface area contributed by atoms with E-state index >= 15 is 0 Å². The molecule has 1 amide bonds. The summed E-state index contributed by atoms with van der Waals surface area (Å²) in [5.74, 6) is -0.0251. The number of carbonyl (C=O) groups excluding carboxylic acids is 1. The van der Waals surface area contributed by atoms with E-state index in [1.54, 1.807) is 16.2 Å². The highest BCUT2D eigenvalue weighted by Crippen LogP contribution is 2.26. The van der Waals surface area contributed by atoms with Gasteiger partial charge in [0.25, 0.3) is 0 Å². The predicted octanol–water partition coefficient (Wildman–Crippen LogP) is 4.58. The molecule has 7 nitrogen and oxygen atoms in total.